The van der Waals surface area contributed by atoms with Gasteiger partial charge in [-0.1, -0.05) is 0 Å². The van der Waals surface area contributed by atoms with E-state index in [0.717, 1.165) is 49.1 Å². The van der Waals surface area contributed by atoms with Crippen molar-refractivity contribution < 1.29 is 4.79 Å². The number of nitrogens with zero attached hydrogens (tertiary/aromatic N) is 2. The van der Waals surface area contributed by atoms with Crippen molar-refractivity contribution in [1.82, 2.24) is 15.1 Å². The quantitative estimate of drug-likeness (QED) is 0.898. The van der Waals surface area contributed by atoms with Crippen LogP contribution in [0.25, 0.3) is 10.9 Å². The molecule has 1 unspecified atom stereocenters. The van der Waals surface area contributed by atoms with Gasteiger partial charge in [-0.3, -0.25) is 9.48 Å². The molecule has 2 heterocycles. The molecule has 3 rings (SSSR count). The van der Waals surface area contributed by atoms with Gasteiger partial charge in [0.2, 0.25) is 5.91 Å². The fourth-order valence-corrected chi connectivity index (χ4v) is 2.72. The molecule has 1 atom stereocenters. The number of amides is 1. The fraction of sp³-hybridized carbons (Fsp3) is 0.467. The van der Waals surface area contributed by atoms with Crippen molar-refractivity contribution >= 4 is 22.5 Å². The Kier molecular flexibility index (Phi) is 3.69. The van der Waals surface area contributed by atoms with E-state index in [0.29, 0.717) is 0 Å². The fourth-order valence-electron chi connectivity index (χ4n) is 2.72. The van der Waals surface area contributed by atoms with Gasteiger partial charge in [0.05, 0.1) is 17.6 Å². The highest BCUT2D eigenvalue weighted by atomic mass is 16.1. The molecule has 2 N–H and O–H groups in total. The van der Waals surface area contributed by atoms with Crippen LogP contribution in [0.15, 0.2) is 24.4 Å². The second-order valence-electron chi connectivity index (χ2n) is 5.27. The van der Waals surface area contributed by atoms with E-state index in [1.807, 2.05) is 29.1 Å². The van der Waals surface area contributed by atoms with Gasteiger partial charge in [-0.2, -0.15) is 5.10 Å². The Morgan fingerprint density at radius 2 is 2.45 bits per heavy atom. The average Bonchev–Trinajstić information content (AvgIpc) is 2.90. The predicted molar refractivity (Wildman–Crippen MR) is 79.6 cm³/mol. The summed E-state index contributed by atoms with van der Waals surface area (Å²) >= 11 is 0. The van der Waals surface area contributed by atoms with Crippen molar-refractivity contribution in [3.05, 3.63) is 24.4 Å². The maximum absolute atomic E-state index is 12.2. The van der Waals surface area contributed by atoms with Crippen molar-refractivity contribution in [1.29, 1.82) is 0 Å². The van der Waals surface area contributed by atoms with Gasteiger partial charge in [-0.15, -0.1) is 0 Å². The van der Waals surface area contributed by atoms with Crippen molar-refractivity contribution in [3.63, 3.8) is 0 Å². The van der Waals surface area contributed by atoms with E-state index in [1.165, 1.54) is 0 Å². The van der Waals surface area contributed by atoms with Gasteiger partial charge >= 0.3 is 0 Å². The van der Waals surface area contributed by atoms with E-state index >= 15 is 0 Å². The van der Waals surface area contributed by atoms with Crippen LogP contribution in [-0.4, -0.2) is 28.8 Å². The maximum atomic E-state index is 12.2. The minimum atomic E-state index is 0.0792. The van der Waals surface area contributed by atoms with Crippen LogP contribution in [0.4, 0.5) is 5.69 Å². The number of nitrogens with one attached hydrogen (secondary N) is 2. The van der Waals surface area contributed by atoms with E-state index in [2.05, 4.69) is 22.7 Å². The highest BCUT2D eigenvalue weighted by molar-refractivity contribution is 5.95. The van der Waals surface area contributed by atoms with Crippen LogP contribution < -0.4 is 10.6 Å². The number of hydrogen-bond acceptors (Lipinski definition) is 3. The second-order valence-corrected chi connectivity index (χ2v) is 5.27. The summed E-state index contributed by atoms with van der Waals surface area (Å²) in [6.45, 7) is 4.69. The molecule has 1 saturated heterocycles. The first-order valence-electron chi connectivity index (χ1n) is 7.25. The summed E-state index contributed by atoms with van der Waals surface area (Å²) in [4.78, 5) is 12.2. The molecular formula is C15H20N4O. The number of carbonyl (C=O) groups is 1. The van der Waals surface area contributed by atoms with Gasteiger partial charge in [0.1, 0.15) is 0 Å². The monoisotopic (exact) mass is 272 g/mol. The molecule has 1 aromatic carbocycles. The van der Waals surface area contributed by atoms with Crippen LogP contribution in [0.1, 0.15) is 19.8 Å². The largest absolute Gasteiger partial charge is 0.326 e. The summed E-state index contributed by atoms with van der Waals surface area (Å²) < 4.78 is 1.94. The zero-order valence-electron chi connectivity index (χ0n) is 11.7. The Bertz CT molecular complexity index is 613. The number of fused-ring (bicyclic) bond motifs is 1. The number of anilines is 1. The lowest BCUT2D eigenvalue weighted by atomic mass is 9.99. The van der Waals surface area contributed by atoms with Crippen molar-refractivity contribution in [2.75, 3.05) is 18.4 Å². The molecule has 0 bridgehead atoms. The lowest BCUT2D eigenvalue weighted by Crippen LogP contribution is -2.37. The summed E-state index contributed by atoms with van der Waals surface area (Å²) in [6.07, 6.45) is 3.89. The third-order valence-corrected chi connectivity index (χ3v) is 3.88. The summed E-state index contributed by atoms with van der Waals surface area (Å²) in [5, 5.41) is 11.7. The predicted octanol–water partition coefficient (Wildman–Crippen LogP) is 1.99. The molecule has 1 aliphatic rings. The Morgan fingerprint density at radius 1 is 1.55 bits per heavy atom. The van der Waals surface area contributed by atoms with E-state index in [-0.39, 0.29) is 11.8 Å². The minimum Gasteiger partial charge on any atom is -0.326 e. The van der Waals surface area contributed by atoms with Gasteiger partial charge in [0, 0.05) is 24.2 Å². The van der Waals surface area contributed by atoms with Crippen LogP contribution in [0.5, 0.6) is 0 Å². The molecule has 0 saturated carbocycles. The first-order valence-corrected chi connectivity index (χ1v) is 7.25. The SMILES string of the molecule is CCn1ncc2ccc(NC(=O)C3CCCNC3)cc21. The number of hydrogen-bond donors (Lipinski definition) is 2. The molecule has 20 heavy (non-hydrogen) atoms. The molecule has 5 heteroatoms. The minimum absolute atomic E-state index is 0.0792. The van der Waals surface area contributed by atoms with Gasteiger partial charge in [-0.25, -0.2) is 0 Å². The Labute approximate surface area is 118 Å². The molecule has 1 aromatic heterocycles. The maximum Gasteiger partial charge on any atom is 0.228 e. The summed E-state index contributed by atoms with van der Waals surface area (Å²) in [6, 6.07) is 5.95. The number of rotatable bonds is 3. The van der Waals surface area contributed by atoms with E-state index in [1.54, 1.807) is 0 Å². The molecule has 1 fully saturated rings. The van der Waals surface area contributed by atoms with Crippen molar-refractivity contribution in [2.24, 2.45) is 5.92 Å². The summed E-state index contributed by atoms with van der Waals surface area (Å²) in [5.74, 6) is 0.189. The van der Waals surface area contributed by atoms with Gasteiger partial charge < -0.3 is 10.6 Å². The number of aromatic nitrogens is 2. The van der Waals surface area contributed by atoms with E-state index in [9.17, 15) is 4.79 Å². The van der Waals surface area contributed by atoms with Gasteiger partial charge in [-0.05, 0) is 44.5 Å². The standard InChI is InChI=1S/C15H20N4O/c1-2-19-14-8-13(6-5-11(14)10-17-19)18-15(20)12-4-3-7-16-9-12/h5-6,8,10,12,16H,2-4,7,9H2,1H3,(H,18,20). The third-order valence-electron chi connectivity index (χ3n) is 3.88. The topological polar surface area (TPSA) is 59.0 Å². The van der Waals surface area contributed by atoms with E-state index in [4.69, 9.17) is 0 Å². The lowest BCUT2D eigenvalue weighted by molar-refractivity contribution is -0.120. The highest BCUT2D eigenvalue weighted by Crippen LogP contribution is 2.20. The van der Waals surface area contributed by atoms with Crippen LogP contribution in [-0.2, 0) is 11.3 Å². The molecular weight excluding hydrogens is 252 g/mol. The Hall–Kier alpha value is -1.88. The van der Waals surface area contributed by atoms with Crippen LogP contribution >= 0.6 is 0 Å². The smallest absolute Gasteiger partial charge is 0.228 e. The molecule has 0 spiro atoms. The number of benzene rings is 1. The zero-order chi connectivity index (χ0) is 13.9. The van der Waals surface area contributed by atoms with Crippen LogP contribution in [0.2, 0.25) is 0 Å². The summed E-state index contributed by atoms with van der Waals surface area (Å²) in [5.41, 5.74) is 1.91. The molecule has 5 nitrogen and oxygen atoms in total. The Morgan fingerprint density at radius 3 is 3.20 bits per heavy atom. The summed E-state index contributed by atoms with van der Waals surface area (Å²) in [7, 11) is 0. The first-order chi connectivity index (χ1) is 9.78. The molecule has 2 aromatic rings. The molecule has 1 aliphatic heterocycles. The lowest BCUT2D eigenvalue weighted by Gasteiger charge is -2.21. The third kappa shape index (κ3) is 2.54. The van der Waals surface area contributed by atoms with Crippen LogP contribution in [0.3, 0.4) is 0 Å². The number of piperidine rings is 1. The zero-order valence-corrected chi connectivity index (χ0v) is 11.7. The normalized spacial score (nSPS) is 19.1. The Balaban J connectivity index is 1.78. The highest BCUT2D eigenvalue weighted by Gasteiger charge is 2.20. The number of aryl methyl sites for hydroxylation is 1. The van der Waals surface area contributed by atoms with Crippen molar-refractivity contribution in [3.8, 4) is 0 Å². The number of carbonyl (C=O) groups excluding carboxylic acids is 1. The average molecular weight is 272 g/mol. The molecule has 1 amide bonds. The van der Waals surface area contributed by atoms with Crippen LogP contribution in [0, 0.1) is 5.92 Å². The van der Waals surface area contributed by atoms with Gasteiger partial charge in [0.15, 0.2) is 0 Å². The molecule has 0 radical (unpaired) electrons. The van der Waals surface area contributed by atoms with E-state index < -0.39 is 0 Å². The molecule has 106 valence electrons. The molecule has 0 aliphatic carbocycles. The van der Waals surface area contributed by atoms with Crippen molar-refractivity contribution in [2.45, 2.75) is 26.3 Å². The first kappa shape index (κ1) is 13.1. The van der Waals surface area contributed by atoms with Gasteiger partial charge in [0.25, 0.3) is 0 Å². The second kappa shape index (κ2) is 5.63.